The molecule has 0 aromatic rings. The number of ether oxygens (including phenoxy) is 4. The lowest BCUT2D eigenvalue weighted by Crippen LogP contribution is -2.30. The van der Waals surface area contributed by atoms with E-state index in [9.17, 15) is 43.2 Å². The van der Waals surface area contributed by atoms with Gasteiger partial charge in [-0.3, -0.25) is 37.3 Å². The Morgan fingerprint density at radius 1 is 0.265 bits per heavy atom. The Hall–Kier alpha value is -1.94. The van der Waals surface area contributed by atoms with Gasteiger partial charge in [-0.25, -0.2) is 9.13 Å². The first-order chi connectivity index (χ1) is 49.2. The molecule has 0 aliphatic carbocycles. The van der Waals surface area contributed by atoms with Crippen LogP contribution in [-0.2, 0) is 65.4 Å². The smallest absolute Gasteiger partial charge is 0.462 e. The first-order valence-corrected chi connectivity index (χ1v) is 45.8. The van der Waals surface area contributed by atoms with Crippen LogP contribution in [0.3, 0.4) is 0 Å². The molecule has 0 bridgehead atoms. The second-order valence-electron chi connectivity index (χ2n) is 31.3. The van der Waals surface area contributed by atoms with Crippen LogP contribution in [-0.4, -0.2) is 96.7 Å². The van der Waals surface area contributed by atoms with Crippen LogP contribution < -0.4 is 0 Å². The lowest BCUT2D eigenvalue weighted by molar-refractivity contribution is -0.161. The van der Waals surface area contributed by atoms with E-state index in [1.165, 1.54) is 244 Å². The molecule has 0 saturated heterocycles. The first kappa shape index (κ1) is 100. The van der Waals surface area contributed by atoms with E-state index in [4.69, 9.17) is 37.0 Å². The molecule has 0 radical (unpaired) electrons. The predicted octanol–water partition coefficient (Wildman–Crippen LogP) is 24.9. The van der Waals surface area contributed by atoms with E-state index in [-0.39, 0.29) is 25.7 Å². The van der Waals surface area contributed by atoms with Crippen LogP contribution in [0.4, 0.5) is 0 Å². The highest BCUT2D eigenvalue weighted by Gasteiger charge is 2.30. The van der Waals surface area contributed by atoms with Gasteiger partial charge < -0.3 is 33.8 Å². The van der Waals surface area contributed by atoms with Crippen LogP contribution in [0.5, 0.6) is 0 Å². The quantitative estimate of drug-likeness (QED) is 0.0222. The van der Waals surface area contributed by atoms with Crippen LogP contribution >= 0.6 is 15.6 Å². The highest BCUT2D eigenvalue weighted by atomic mass is 31.2. The van der Waals surface area contributed by atoms with E-state index in [1.807, 2.05) is 0 Å². The zero-order valence-corrected chi connectivity index (χ0v) is 68.9. The standard InChI is InChI=1S/C83H162O17P2/c1-8-9-10-11-12-13-14-23-31-36-45-52-59-66-82(87)100-79(71-94-81(86)65-58-51-44-39-38-42-49-56-63-76(6)7)73-98-102(91,92)96-69-77(84)68-95-101(89,90)97-72-78(99-83(88)67-60-53-46-37-32-27-22-18-16-20-25-29-34-41-48-55-62-75(4)5)70-93-80(85)64-57-50-43-35-30-26-21-17-15-19-24-28-33-40-47-54-61-74(2)3/h74-79,84H,8-73H2,1-7H3,(H,89,90)(H,91,92)/t77-,78-,79-/m1/s1. The largest absolute Gasteiger partial charge is 0.472 e. The monoisotopic (exact) mass is 1490 g/mol. The molecular weight excluding hydrogens is 1330 g/mol. The second-order valence-corrected chi connectivity index (χ2v) is 34.2. The Labute approximate surface area is 626 Å². The highest BCUT2D eigenvalue weighted by molar-refractivity contribution is 7.47. The fourth-order valence-corrected chi connectivity index (χ4v) is 14.4. The lowest BCUT2D eigenvalue weighted by Gasteiger charge is -2.21. The van der Waals surface area contributed by atoms with Crippen LogP contribution in [0.15, 0.2) is 0 Å². The maximum Gasteiger partial charge on any atom is 0.472 e. The summed E-state index contributed by atoms with van der Waals surface area (Å²) < 4.78 is 68.8. The predicted molar refractivity (Wildman–Crippen MR) is 418 cm³/mol. The number of rotatable bonds is 81. The summed E-state index contributed by atoms with van der Waals surface area (Å²) in [5.74, 6) is 0.241. The molecule has 19 heteroatoms. The Bertz CT molecular complexity index is 1970. The van der Waals surface area contributed by atoms with E-state index < -0.39 is 97.5 Å². The molecule has 3 N–H and O–H groups in total. The van der Waals surface area contributed by atoms with Gasteiger partial charge in [0.15, 0.2) is 12.2 Å². The van der Waals surface area contributed by atoms with Crippen LogP contribution in [0.25, 0.3) is 0 Å². The summed E-state index contributed by atoms with van der Waals surface area (Å²) in [6.45, 7) is 12.0. The summed E-state index contributed by atoms with van der Waals surface area (Å²) in [4.78, 5) is 73.1. The molecule has 102 heavy (non-hydrogen) atoms. The molecule has 0 aliphatic heterocycles. The van der Waals surface area contributed by atoms with Gasteiger partial charge in [-0.15, -0.1) is 0 Å². The van der Waals surface area contributed by atoms with Gasteiger partial charge in [0.2, 0.25) is 0 Å². The molecule has 2 unspecified atom stereocenters. The van der Waals surface area contributed by atoms with E-state index in [1.54, 1.807) is 0 Å². The van der Waals surface area contributed by atoms with Crippen LogP contribution in [0.1, 0.15) is 434 Å². The second kappa shape index (κ2) is 73.2. The molecule has 0 heterocycles. The lowest BCUT2D eigenvalue weighted by atomic mass is 10.0. The van der Waals surface area contributed by atoms with Crippen molar-refractivity contribution in [3.8, 4) is 0 Å². The van der Waals surface area contributed by atoms with Crippen molar-refractivity contribution in [3.63, 3.8) is 0 Å². The van der Waals surface area contributed by atoms with Crippen molar-refractivity contribution in [2.45, 2.75) is 452 Å². The molecule has 0 amide bonds. The molecule has 0 fully saturated rings. The van der Waals surface area contributed by atoms with Crippen LogP contribution in [0, 0.1) is 17.8 Å². The van der Waals surface area contributed by atoms with Crippen molar-refractivity contribution in [1.29, 1.82) is 0 Å². The zero-order valence-electron chi connectivity index (χ0n) is 67.1. The Morgan fingerprint density at radius 3 is 0.667 bits per heavy atom. The Balaban J connectivity index is 5.24. The minimum atomic E-state index is -4.96. The average molecular weight is 1490 g/mol. The number of esters is 4. The number of hydrogen-bond acceptors (Lipinski definition) is 15. The average Bonchev–Trinajstić information content (AvgIpc) is 0.917. The fourth-order valence-electron chi connectivity index (χ4n) is 12.8. The summed E-state index contributed by atoms with van der Waals surface area (Å²) >= 11 is 0. The summed E-state index contributed by atoms with van der Waals surface area (Å²) in [5, 5.41) is 10.7. The van der Waals surface area contributed by atoms with Crippen molar-refractivity contribution >= 4 is 39.5 Å². The number of aliphatic hydroxyl groups excluding tert-OH is 1. The van der Waals surface area contributed by atoms with Crippen molar-refractivity contribution in [3.05, 3.63) is 0 Å². The van der Waals surface area contributed by atoms with Gasteiger partial charge in [0.05, 0.1) is 26.4 Å². The molecule has 0 aromatic carbocycles. The molecule has 606 valence electrons. The summed E-state index contributed by atoms with van der Waals surface area (Å²) in [5.41, 5.74) is 0. The fraction of sp³-hybridized carbons (Fsp3) is 0.952. The van der Waals surface area contributed by atoms with Crippen molar-refractivity contribution in [2.24, 2.45) is 17.8 Å². The molecule has 0 rings (SSSR count). The number of carbonyl (C=O) groups excluding carboxylic acids is 4. The minimum Gasteiger partial charge on any atom is -0.462 e. The molecule has 0 saturated carbocycles. The molecule has 5 atom stereocenters. The third-order valence-corrected chi connectivity index (χ3v) is 21.3. The van der Waals surface area contributed by atoms with E-state index in [2.05, 4.69) is 48.5 Å². The zero-order chi connectivity index (χ0) is 75.1. The maximum atomic E-state index is 13.1. The number of hydrogen-bond donors (Lipinski definition) is 3. The third kappa shape index (κ3) is 76.3. The number of aliphatic hydroxyl groups is 1. The normalized spacial score (nSPS) is 13.9. The summed E-state index contributed by atoms with van der Waals surface area (Å²) in [6.07, 6.45) is 62.4. The van der Waals surface area contributed by atoms with E-state index in [0.717, 1.165) is 108 Å². The van der Waals surface area contributed by atoms with Crippen LogP contribution in [0.2, 0.25) is 0 Å². The van der Waals surface area contributed by atoms with Gasteiger partial charge in [0.1, 0.15) is 19.3 Å². The molecular formula is C83H162O17P2. The molecule has 0 aliphatic rings. The number of unbranched alkanes of at least 4 members (excludes halogenated alkanes) is 49. The van der Waals surface area contributed by atoms with Gasteiger partial charge in [-0.1, -0.05) is 382 Å². The summed E-state index contributed by atoms with van der Waals surface area (Å²) in [6, 6.07) is 0. The number of phosphoric ester groups is 2. The highest BCUT2D eigenvalue weighted by Crippen LogP contribution is 2.45. The van der Waals surface area contributed by atoms with E-state index >= 15 is 0 Å². The van der Waals surface area contributed by atoms with Gasteiger partial charge >= 0.3 is 39.5 Å². The van der Waals surface area contributed by atoms with Crippen molar-refractivity contribution in [1.82, 2.24) is 0 Å². The topological polar surface area (TPSA) is 237 Å². The minimum absolute atomic E-state index is 0.107. The van der Waals surface area contributed by atoms with Crippen molar-refractivity contribution in [2.75, 3.05) is 39.6 Å². The Kier molecular flexibility index (Phi) is 71.8. The first-order valence-electron chi connectivity index (χ1n) is 42.8. The number of carbonyl (C=O) groups is 4. The van der Waals surface area contributed by atoms with Gasteiger partial charge in [-0.2, -0.15) is 0 Å². The van der Waals surface area contributed by atoms with Crippen molar-refractivity contribution < 1.29 is 80.2 Å². The molecule has 17 nitrogen and oxygen atoms in total. The Morgan fingerprint density at radius 2 is 0.451 bits per heavy atom. The number of phosphoric acid groups is 2. The summed E-state index contributed by atoms with van der Waals surface area (Å²) in [7, 11) is -9.92. The van der Waals surface area contributed by atoms with E-state index in [0.29, 0.717) is 25.7 Å². The molecule has 0 aromatic heterocycles. The third-order valence-electron chi connectivity index (χ3n) is 19.4. The van der Waals surface area contributed by atoms with Gasteiger partial charge in [-0.05, 0) is 43.4 Å². The maximum absolute atomic E-state index is 13.1. The SMILES string of the molecule is CCCCCCCCCCCCCCCC(=O)O[C@H](COC(=O)CCCCCCCCCCC(C)C)COP(=O)(O)OC[C@H](O)COP(=O)(O)OC[C@@H](COC(=O)CCCCCCCCCCCCCCCCCCC(C)C)OC(=O)CCCCCCCCCCCCCCCCCCC(C)C. The molecule has 0 spiro atoms. The van der Waals surface area contributed by atoms with Gasteiger partial charge in [0, 0.05) is 25.7 Å². The van der Waals surface area contributed by atoms with Gasteiger partial charge in [0.25, 0.3) is 0 Å².